The molecule has 0 bridgehead atoms. The second-order valence-corrected chi connectivity index (χ2v) is 7.33. The van der Waals surface area contributed by atoms with Crippen LogP contribution < -0.4 is 4.74 Å². The standard InChI is InChI=1S/C19H22N4O2/c24-19(16-11-25-17-4-2-1-3-15(16)17)22-9-7-13(8-10-22)18-21-20-12-23(18)14-5-6-14/h1-4,12-14,16H,5-11H2. The molecule has 2 aliphatic heterocycles. The van der Waals surface area contributed by atoms with Crippen molar-refractivity contribution in [2.45, 2.75) is 43.6 Å². The Kier molecular flexibility index (Phi) is 3.50. The molecule has 1 unspecified atom stereocenters. The Hall–Kier alpha value is -2.37. The van der Waals surface area contributed by atoms with Gasteiger partial charge in [0.15, 0.2) is 0 Å². The molecule has 0 radical (unpaired) electrons. The van der Waals surface area contributed by atoms with Crippen LogP contribution >= 0.6 is 0 Å². The number of fused-ring (bicyclic) bond motifs is 1. The summed E-state index contributed by atoms with van der Waals surface area (Å²) in [7, 11) is 0. The lowest BCUT2D eigenvalue weighted by molar-refractivity contribution is -0.134. The van der Waals surface area contributed by atoms with Crippen molar-refractivity contribution < 1.29 is 9.53 Å². The third-order valence-electron chi connectivity index (χ3n) is 5.71. The number of piperidine rings is 1. The van der Waals surface area contributed by atoms with Crippen molar-refractivity contribution in [2.75, 3.05) is 19.7 Å². The number of rotatable bonds is 3. The molecule has 0 N–H and O–H groups in total. The molecule has 130 valence electrons. The Morgan fingerprint density at radius 2 is 1.92 bits per heavy atom. The smallest absolute Gasteiger partial charge is 0.233 e. The average Bonchev–Trinajstić information content (AvgIpc) is 3.23. The van der Waals surface area contributed by atoms with Crippen LogP contribution in [0.5, 0.6) is 5.75 Å². The Bertz CT molecular complexity index is 790. The maximum atomic E-state index is 13.0. The van der Waals surface area contributed by atoms with Crippen molar-refractivity contribution >= 4 is 5.91 Å². The van der Waals surface area contributed by atoms with Gasteiger partial charge in [-0.2, -0.15) is 0 Å². The van der Waals surface area contributed by atoms with E-state index < -0.39 is 0 Å². The molecule has 2 fully saturated rings. The van der Waals surface area contributed by atoms with E-state index in [0.29, 0.717) is 18.6 Å². The van der Waals surface area contributed by atoms with Crippen molar-refractivity contribution in [1.29, 1.82) is 0 Å². The minimum Gasteiger partial charge on any atom is -0.492 e. The fourth-order valence-electron chi connectivity index (χ4n) is 4.12. The van der Waals surface area contributed by atoms with E-state index >= 15 is 0 Å². The zero-order valence-corrected chi connectivity index (χ0v) is 14.2. The molecular formula is C19H22N4O2. The minimum absolute atomic E-state index is 0.150. The van der Waals surface area contributed by atoms with Crippen LogP contribution in [0.25, 0.3) is 0 Å². The van der Waals surface area contributed by atoms with Crippen LogP contribution in [-0.2, 0) is 4.79 Å². The van der Waals surface area contributed by atoms with Gasteiger partial charge in [0.05, 0.1) is 0 Å². The van der Waals surface area contributed by atoms with Gasteiger partial charge in [-0.05, 0) is 31.7 Å². The third-order valence-corrected chi connectivity index (χ3v) is 5.71. The molecule has 1 aromatic heterocycles. The number of likely N-dealkylation sites (tertiary alicyclic amines) is 1. The Morgan fingerprint density at radius 1 is 1.12 bits per heavy atom. The summed E-state index contributed by atoms with van der Waals surface area (Å²) in [6.45, 7) is 2.05. The highest BCUT2D eigenvalue weighted by atomic mass is 16.5. The maximum Gasteiger partial charge on any atom is 0.233 e. The zero-order valence-electron chi connectivity index (χ0n) is 14.2. The SMILES string of the molecule is O=C(C1COc2ccccc21)N1CCC(c2nncn2C2CC2)CC1. The number of aromatic nitrogens is 3. The van der Waals surface area contributed by atoms with Crippen LogP contribution in [0.4, 0.5) is 0 Å². The second-order valence-electron chi connectivity index (χ2n) is 7.33. The van der Waals surface area contributed by atoms with Crippen molar-refractivity contribution in [1.82, 2.24) is 19.7 Å². The summed E-state index contributed by atoms with van der Waals surface area (Å²) in [5.74, 6) is 2.44. The first-order valence-corrected chi connectivity index (χ1v) is 9.21. The van der Waals surface area contributed by atoms with Crippen LogP contribution in [-0.4, -0.2) is 45.3 Å². The van der Waals surface area contributed by atoms with Gasteiger partial charge in [-0.3, -0.25) is 4.79 Å². The summed E-state index contributed by atoms with van der Waals surface area (Å²) in [6, 6.07) is 8.49. The number of ether oxygens (including phenoxy) is 1. The minimum atomic E-state index is -0.150. The van der Waals surface area contributed by atoms with Gasteiger partial charge in [0, 0.05) is 30.6 Å². The Morgan fingerprint density at radius 3 is 2.72 bits per heavy atom. The van der Waals surface area contributed by atoms with Crippen LogP contribution in [0.1, 0.15) is 54.9 Å². The molecule has 3 aliphatic rings. The largest absolute Gasteiger partial charge is 0.492 e. The van der Waals surface area contributed by atoms with E-state index in [1.165, 1.54) is 12.8 Å². The van der Waals surface area contributed by atoms with Gasteiger partial charge in [-0.25, -0.2) is 0 Å². The number of nitrogens with zero attached hydrogens (tertiary/aromatic N) is 4. The summed E-state index contributed by atoms with van der Waals surface area (Å²) in [4.78, 5) is 15.0. The molecule has 1 aliphatic carbocycles. The van der Waals surface area contributed by atoms with Gasteiger partial charge in [-0.15, -0.1) is 10.2 Å². The molecule has 1 saturated carbocycles. The van der Waals surface area contributed by atoms with E-state index in [9.17, 15) is 4.79 Å². The van der Waals surface area contributed by atoms with E-state index in [1.807, 2.05) is 35.5 Å². The average molecular weight is 338 g/mol. The highest BCUT2D eigenvalue weighted by molar-refractivity contribution is 5.85. The molecule has 1 saturated heterocycles. The fourth-order valence-corrected chi connectivity index (χ4v) is 4.12. The number of amides is 1. The molecule has 1 amide bonds. The molecule has 3 heterocycles. The normalized spacial score (nSPS) is 23.4. The Labute approximate surface area is 146 Å². The topological polar surface area (TPSA) is 60.2 Å². The molecule has 1 atom stereocenters. The van der Waals surface area contributed by atoms with Gasteiger partial charge in [0.25, 0.3) is 0 Å². The first-order valence-electron chi connectivity index (χ1n) is 9.21. The van der Waals surface area contributed by atoms with E-state index in [2.05, 4.69) is 14.8 Å². The number of carbonyl (C=O) groups is 1. The van der Waals surface area contributed by atoms with E-state index in [4.69, 9.17) is 4.74 Å². The zero-order chi connectivity index (χ0) is 16.8. The second kappa shape index (κ2) is 5.86. The van der Waals surface area contributed by atoms with Crippen molar-refractivity contribution in [3.05, 3.63) is 42.0 Å². The molecule has 0 spiro atoms. The quantitative estimate of drug-likeness (QED) is 0.863. The summed E-state index contributed by atoms with van der Waals surface area (Å²) in [6.07, 6.45) is 6.28. The van der Waals surface area contributed by atoms with Crippen LogP contribution in [0, 0.1) is 0 Å². The molecular weight excluding hydrogens is 316 g/mol. The van der Waals surface area contributed by atoms with Crippen molar-refractivity contribution in [2.24, 2.45) is 0 Å². The molecule has 5 rings (SSSR count). The van der Waals surface area contributed by atoms with Gasteiger partial charge in [0.2, 0.25) is 5.91 Å². The molecule has 2 aromatic rings. The van der Waals surface area contributed by atoms with Gasteiger partial charge in [-0.1, -0.05) is 18.2 Å². The lowest BCUT2D eigenvalue weighted by Crippen LogP contribution is -2.41. The van der Waals surface area contributed by atoms with E-state index in [-0.39, 0.29) is 11.8 Å². The van der Waals surface area contributed by atoms with Crippen molar-refractivity contribution in [3.8, 4) is 5.75 Å². The number of para-hydroxylation sites is 1. The number of hydrogen-bond donors (Lipinski definition) is 0. The first kappa shape index (κ1) is 14.9. The summed E-state index contributed by atoms with van der Waals surface area (Å²) in [5, 5.41) is 8.48. The molecule has 1 aromatic carbocycles. The lowest BCUT2D eigenvalue weighted by Gasteiger charge is -2.33. The lowest BCUT2D eigenvalue weighted by atomic mass is 9.93. The Balaban J connectivity index is 1.26. The van der Waals surface area contributed by atoms with E-state index in [0.717, 1.165) is 43.1 Å². The summed E-state index contributed by atoms with van der Waals surface area (Å²) < 4.78 is 7.94. The molecule has 6 nitrogen and oxygen atoms in total. The molecule has 25 heavy (non-hydrogen) atoms. The monoisotopic (exact) mass is 338 g/mol. The van der Waals surface area contributed by atoms with E-state index in [1.54, 1.807) is 0 Å². The van der Waals surface area contributed by atoms with Gasteiger partial charge in [0.1, 0.15) is 30.4 Å². The summed E-state index contributed by atoms with van der Waals surface area (Å²) >= 11 is 0. The predicted octanol–water partition coefficient (Wildman–Crippen LogP) is 2.50. The van der Waals surface area contributed by atoms with Crippen LogP contribution in [0.15, 0.2) is 30.6 Å². The van der Waals surface area contributed by atoms with Crippen molar-refractivity contribution in [3.63, 3.8) is 0 Å². The molecule has 6 heteroatoms. The summed E-state index contributed by atoms with van der Waals surface area (Å²) in [5.41, 5.74) is 1.03. The van der Waals surface area contributed by atoms with Gasteiger partial charge < -0.3 is 14.2 Å². The maximum absolute atomic E-state index is 13.0. The van der Waals surface area contributed by atoms with Crippen LogP contribution in [0.2, 0.25) is 0 Å². The number of hydrogen-bond acceptors (Lipinski definition) is 4. The highest BCUT2D eigenvalue weighted by Gasteiger charge is 2.36. The number of benzene rings is 1. The van der Waals surface area contributed by atoms with Crippen LogP contribution in [0.3, 0.4) is 0 Å². The third kappa shape index (κ3) is 2.60. The number of carbonyl (C=O) groups excluding carboxylic acids is 1. The first-order chi connectivity index (χ1) is 12.3. The van der Waals surface area contributed by atoms with Gasteiger partial charge >= 0.3 is 0 Å². The fraction of sp³-hybridized carbons (Fsp3) is 0.526. The highest BCUT2D eigenvalue weighted by Crippen LogP contribution is 2.39. The predicted molar refractivity (Wildman–Crippen MR) is 91.5 cm³/mol.